The number of nitrogens with one attached hydrogen (secondary N) is 1. The van der Waals surface area contributed by atoms with Crippen LogP contribution in [-0.4, -0.2) is 17.4 Å². The minimum Gasteiger partial charge on any atom is -0.385 e. The lowest BCUT2D eigenvalue weighted by Crippen LogP contribution is -2.15. The van der Waals surface area contributed by atoms with Gasteiger partial charge in [0.25, 0.3) is 0 Å². The molecular weight excluding hydrogens is 220 g/mol. The van der Waals surface area contributed by atoms with Gasteiger partial charge in [0.15, 0.2) is 0 Å². The zero-order valence-corrected chi connectivity index (χ0v) is 10.9. The van der Waals surface area contributed by atoms with Crippen LogP contribution in [0.5, 0.6) is 0 Å². The van der Waals surface area contributed by atoms with E-state index in [2.05, 4.69) is 23.3 Å². The number of rotatable bonds is 7. The number of anilines is 1. The molecule has 1 aromatic rings. The van der Waals surface area contributed by atoms with Crippen LogP contribution in [0.1, 0.15) is 31.9 Å². The quantitative estimate of drug-likeness (QED) is 0.733. The third kappa shape index (κ3) is 4.84. The lowest BCUT2D eigenvalue weighted by Gasteiger charge is -2.16. The van der Waals surface area contributed by atoms with Gasteiger partial charge < -0.3 is 5.32 Å². The highest BCUT2D eigenvalue weighted by molar-refractivity contribution is 6.17. The summed E-state index contributed by atoms with van der Waals surface area (Å²) in [5.74, 6) is 1.43. The Labute approximate surface area is 103 Å². The van der Waals surface area contributed by atoms with Crippen molar-refractivity contribution in [3.63, 3.8) is 0 Å². The minimum atomic E-state index is 0.677. The molecule has 0 spiro atoms. The van der Waals surface area contributed by atoms with Crippen molar-refractivity contribution < 1.29 is 0 Å². The van der Waals surface area contributed by atoms with Crippen molar-refractivity contribution in [3.8, 4) is 0 Å². The third-order valence-electron chi connectivity index (χ3n) is 2.71. The van der Waals surface area contributed by atoms with Crippen molar-refractivity contribution in [2.45, 2.75) is 33.1 Å². The molecule has 1 aromatic heterocycles. The molecule has 2 nitrogen and oxygen atoms in total. The smallest absolute Gasteiger partial charge is 0.0393 e. The van der Waals surface area contributed by atoms with E-state index in [1.165, 1.54) is 12.8 Å². The van der Waals surface area contributed by atoms with Gasteiger partial charge in [0.05, 0.1) is 0 Å². The van der Waals surface area contributed by atoms with E-state index in [9.17, 15) is 0 Å². The molecule has 0 saturated heterocycles. The van der Waals surface area contributed by atoms with E-state index in [0.717, 1.165) is 30.2 Å². The van der Waals surface area contributed by atoms with Crippen molar-refractivity contribution >= 4 is 17.3 Å². The number of alkyl halides is 1. The molecule has 0 bridgehead atoms. The van der Waals surface area contributed by atoms with Crippen LogP contribution in [-0.2, 0) is 0 Å². The van der Waals surface area contributed by atoms with E-state index < -0.39 is 0 Å². The number of aromatic nitrogens is 1. The molecule has 0 aromatic carbocycles. The van der Waals surface area contributed by atoms with Gasteiger partial charge in [-0.25, -0.2) is 0 Å². The minimum absolute atomic E-state index is 0.677. The van der Waals surface area contributed by atoms with Crippen LogP contribution in [0.15, 0.2) is 18.3 Å². The van der Waals surface area contributed by atoms with Gasteiger partial charge in [0.2, 0.25) is 0 Å². The maximum atomic E-state index is 5.80. The van der Waals surface area contributed by atoms with Crippen LogP contribution in [0, 0.1) is 12.8 Å². The van der Waals surface area contributed by atoms with Crippen LogP contribution in [0.25, 0.3) is 0 Å². The Hall–Kier alpha value is -0.760. The zero-order chi connectivity index (χ0) is 11.8. The molecule has 1 unspecified atom stereocenters. The van der Waals surface area contributed by atoms with Crippen molar-refractivity contribution in [1.29, 1.82) is 0 Å². The molecule has 90 valence electrons. The summed E-state index contributed by atoms with van der Waals surface area (Å²) < 4.78 is 0. The topological polar surface area (TPSA) is 24.9 Å². The molecule has 0 fully saturated rings. The monoisotopic (exact) mass is 240 g/mol. The van der Waals surface area contributed by atoms with E-state index in [0.29, 0.717) is 5.92 Å². The second-order valence-corrected chi connectivity index (χ2v) is 4.58. The predicted octanol–water partition coefficient (Wildman–Crippen LogP) is 3.85. The fraction of sp³-hybridized carbons (Fsp3) is 0.615. The fourth-order valence-electron chi connectivity index (χ4n) is 1.83. The summed E-state index contributed by atoms with van der Waals surface area (Å²) in [6, 6.07) is 4.08. The van der Waals surface area contributed by atoms with E-state index in [1.807, 2.05) is 19.2 Å². The Morgan fingerprint density at radius 1 is 1.44 bits per heavy atom. The van der Waals surface area contributed by atoms with Crippen LogP contribution in [0.2, 0.25) is 0 Å². The first-order valence-electron chi connectivity index (χ1n) is 5.98. The van der Waals surface area contributed by atoms with Crippen LogP contribution >= 0.6 is 11.6 Å². The van der Waals surface area contributed by atoms with Gasteiger partial charge >= 0.3 is 0 Å². The van der Waals surface area contributed by atoms with E-state index >= 15 is 0 Å². The lowest BCUT2D eigenvalue weighted by molar-refractivity contribution is 0.490. The third-order valence-corrected chi connectivity index (χ3v) is 2.92. The second-order valence-electron chi connectivity index (χ2n) is 4.20. The molecule has 1 N–H and O–H groups in total. The second kappa shape index (κ2) is 7.50. The highest BCUT2D eigenvalue weighted by atomic mass is 35.5. The van der Waals surface area contributed by atoms with Gasteiger partial charge in [-0.2, -0.15) is 0 Å². The number of hydrogen-bond donors (Lipinski definition) is 1. The van der Waals surface area contributed by atoms with Crippen molar-refractivity contribution in [3.05, 3.63) is 24.0 Å². The Bertz CT molecular complexity index is 296. The predicted molar refractivity (Wildman–Crippen MR) is 71.2 cm³/mol. The van der Waals surface area contributed by atoms with Gasteiger partial charge in [0.1, 0.15) is 0 Å². The number of halogens is 1. The summed E-state index contributed by atoms with van der Waals surface area (Å²) in [5, 5.41) is 3.46. The number of nitrogens with zero attached hydrogens (tertiary/aromatic N) is 1. The zero-order valence-electron chi connectivity index (χ0n) is 10.2. The maximum Gasteiger partial charge on any atom is 0.0393 e. The van der Waals surface area contributed by atoms with E-state index in [1.54, 1.807) is 0 Å². The Kier molecular flexibility index (Phi) is 6.24. The first-order chi connectivity index (χ1) is 7.76. The Balaban J connectivity index is 2.41. The highest BCUT2D eigenvalue weighted by Crippen LogP contribution is 2.14. The molecular formula is C13H21ClN2. The maximum absolute atomic E-state index is 5.80. The van der Waals surface area contributed by atoms with Crippen LogP contribution in [0.3, 0.4) is 0 Å². The molecule has 0 aliphatic heterocycles. The summed E-state index contributed by atoms with van der Waals surface area (Å²) in [6.45, 7) is 5.23. The van der Waals surface area contributed by atoms with Gasteiger partial charge in [-0.1, -0.05) is 13.3 Å². The van der Waals surface area contributed by atoms with Crippen molar-refractivity contribution in [2.75, 3.05) is 17.7 Å². The highest BCUT2D eigenvalue weighted by Gasteiger charge is 2.06. The average molecular weight is 241 g/mol. The van der Waals surface area contributed by atoms with E-state index in [4.69, 9.17) is 11.6 Å². The summed E-state index contributed by atoms with van der Waals surface area (Å²) in [7, 11) is 0. The Morgan fingerprint density at radius 2 is 2.25 bits per heavy atom. The summed E-state index contributed by atoms with van der Waals surface area (Å²) in [4.78, 5) is 4.18. The fourth-order valence-corrected chi connectivity index (χ4v) is 2.14. The molecule has 3 heteroatoms. The Morgan fingerprint density at radius 3 is 2.88 bits per heavy atom. The summed E-state index contributed by atoms with van der Waals surface area (Å²) >= 11 is 5.80. The summed E-state index contributed by atoms with van der Waals surface area (Å²) in [6.07, 6.45) is 5.39. The average Bonchev–Trinajstić information content (AvgIpc) is 2.27. The number of aryl methyl sites for hydroxylation is 1. The molecule has 1 heterocycles. The van der Waals surface area contributed by atoms with Crippen LogP contribution in [0.4, 0.5) is 5.69 Å². The van der Waals surface area contributed by atoms with Crippen LogP contribution < -0.4 is 5.32 Å². The first kappa shape index (κ1) is 13.3. The molecule has 0 amide bonds. The standard InChI is InChI=1S/C13H21ClN2/c1-3-4-12(5-7-14)10-16-13-6-8-15-11(2)9-13/h6,8-9,12H,3-5,7,10H2,1-2H3,(H,15,16). The molecule has 0 aliphatic carbocycles. The van der Waals surface area contributed by atoms with Crippen molar-refractivity contribution in [1.82, 2.24) is 4.98 Å². The lowest BCUT2D eigenvalue weighted by atomic mass is 10.0. The number of pyridine rings is 1. The molecule has 0 saturated carbocycles. The molecule has 0 aliphatic rings. The van der Waals surface area contributed by atoms with Gasteiger partial charge in [-0.05, 0) is 37.8 Å². The molecule has 16 heavy (non-hydrogen) atoms. The van der Waals surface area contributed by atoms with Gasteiger partial charge in [0, 0.05) is 30.0 Å². The number of hydrogen-bond acceptors (Lipinski definition) is 2. The normalized spacial score (nSPS) is 12.4. The molecule has 0 radical (unpaired) electrons. The van der Waals surface area contributed by atoms with E-state index in [-0.39, 0.29) is 0 Å². The van der Waals surface area contributed by atoms with Crippen molar-refractivity contribution in [2.24, 2.45) is 5.92 Å². The van der Waals surface area contributed by atoms with Gasteiger partial charge in [-0.15, -0.1) is 11.6 Å². The molecule has 1 rings (SSSR count). The van der Waals surface area contributed by atoms with Gasteiger partial charge in [-0.3, -0.25) is 4.98 Å². The largest absolute Gasteiger partial charge is 0.385 e. The molecule has 1 atom stereocenters. The summed E-state index contributed by atoms with van der Waals surface area (Å²) in [5.41, 5.74) is 2.21. The SMILES string of the molecule is CCCC(CCCl)CNc1ccnc(C)c1. The first-order valence-corrected chi connectivity index (χ1v) is 6.52.